The number of hydrogen-bond donors (Lipinski definition) is 0. The van der Waals surface area contributed by atoms with Crippen molar-refractivity contribution < 1.29 is 14.3 Å². The largest absolute Gasteiger partial charge is 0.495 e. The van der Waals surface area contributed by atoms with E-state index in [0.717, 1.165) is 62.9 Å². The van der Waals surface area contributed by atoms with E-state index >= 15 is 0 Å². The molecule has 1 aliphatic carbocycles. The SMILES string of the molecule is COc1ccccc1N1C(=O)C2=C(CCCC2)C1CC(=O)N1CCCCCC1. The van der Waals surface area contributed by atoms with Gasteiger partial charge in [-0.25, -0.2) is 0 Å². The standard InChI is InChI=1S/C23H30N2O3/c1-28-21-13-7-6-12-19(21)25-20(17-10-4-5-11-18(17)23(25)27)16-22(26)24-14-8-2-3-9-15-24/h6-7,12-13,20H,2-5,8-11,14-16H2,1H3. The third-order valence-corrected chi connectivity index (χ3v) is 6.37. The predicted molar refractivity (Wildman–Crippen MR) is 109 cm³/mol. The zero-order valence-electron chi connectivity index (χ0n) is 16.8. The lowest BCUT2D eigenvalue weighted by atomic mass is 9.89. The molecular weight excluding hydrogens is 352 g/mol. The highest BCUT2D eigenvalue weighted by Gasteiger charge is 2.42. The number of ether oxygens (including phenoxy) is 1. The number of rotatable bonds is 4. The highest BCUT2D eigenvalue weighted by atomic mass is 16.5. The van der Waals surface area contributed by atoms with Crippen LogP contribution in [0.4, 0.5) is 5.69 Å². The first-order valence-electron chi connectivity index (χ1n) is 10.7. The van der Waals surface area contributed by atoms with Crippen molar-refractivity contribution in [2.75, 3.05) is 25.1 Å². The average Bonchev–Trinajstić information content (AvgIpc) is 2.90. The van der Waals surface area contributed by atoms with Crippen molar-refractivity contribution in [3.63, 3.8) is 0 Å². The van der Waals surface area contributed by atoms with E-state index in [1.165, 1.54) is 18.4 Å². The Morgan fingerprint density at radius 1 is 1.04 bits per heavy atom. The molecule has 2 amide bonds. The molecule has 1 aromatic rings. The maximum Gasteiger partial charge on any atom is 0.254 e. The quantitative estimate of drug-likeness (QED) is 0.789. The minimum atomic E-state index is -0.171. The van der Waals surface area contributed by atoms with E-state index in [-0.39, 0.29) is 17.9 Å². The molecule has 5 heteroatoms. The number of methoxy groups -OCH3 is 1. The smallest absolute Gasteiger partial charge is 0.254 e. The summed E-state index contributed by atoms with van der Waals surface area (Å²) in [5, 5.41) is 0. The lowest BCUT2D eigenvalue weighted by Crippen LogP contribution is -2.41. The number of carbonyl (C=O) groups is 2. The molecule has 0 spiro atoms. The maximum atomic E-state index is 13.3. The van der Waals surface area contributed by atoms with Crippen molar-refractivity contribution >= 4 is 17.5 Å². The van der Waals surface area contributed by atoms with Crippen LogP contribution in [0.25, 0.3) is 0 Å². The first-order valence-corrected chi connectivity index (χ1v) is 10.7. The minimum absolute atomic E-state index is 0.0628. The molecule has 2 aliphatic heterocycles. The first-order chi connectivity index (χ1) is 13.7. The topological polar surface area (TPSA) is 49.9 Å². The fraction of sp³-hybridized carbons (Fsp3) is 0.565. The van der Waals surface area contributed by atoms with Crippen molar-refractivity contribution in [2.24, 2.45) is 0 Å². The highest BCUT2D eigenvalue weighted by Crippen LogP contribution is 2.43. The zero-order chi connectivity index (χ0) is 19.5. The Labute approximate surface area is 167 Å². The number of para-hydroxylation sites is 2. The van der Waals surface area contributed by atoms with Gasteiger partial charge in [0.2, 0.25) is 5.91 Å². The molecule has 0 radical (unpaired) electrons. The number of likely N-dealkylation sites (tertiary alicyclic amines) is 1. The Hall–Kier alpha value is -2.30. The van der Waals surface area contributed by atoms with Crippen LogP contribution in [0.2, 0.25) is 0 Å². The van der Waals surface area contributed by atoms with Crippen LogP contribution in [-0.2, 0) is 9.59 Å². The molecule has 0 N–H and O–H groups in total. The molecule has 150 valence electrons. The van der Waals surface area contributed by atoms with Gasteiger partial charge in [-0.1, -0.05) is 25.0 Å². The molecule has 28 heavy (non-hydrogen) atoms. The second kappa shape index (κ2) is 8.38. The molecule has 0 aromatic heterocycles. The molecule has 1 fully saturated rings. The number of carbonyl (C=O) groups excluding carboxylic acids is 2. The Balaban J connectivity index is 1.65. The van der Waals surface area contributed by atoms with Gasteiger partial charge in [-0.05, 0) is 56.2 Å². The lowest BCUT2D eigenvalue weighted by Gasteiger charge is -2.30. The molecule has 0 bridgehead atoms. The summed E-state index contributed by atoms with van der Waals surface area (Å²) in [5.41, 5.74) is 2.90. The van der Waals surface area contributed by atoms with Gasteiger partial charge in [-0.3, -0.25) is 14.5 Å². The predicted octanol–water partition coefficient (Wildman–Crippen LogP) is 4.07. The van der Waals surface area contributed by atoms with Gasteiger partial charge >= 0.3 is 0 Å². The Bertz CT molecular complexity index is 778. The van der Waals surface area contributed by atoms with E-state index in [4.69, 9.17) is 4.74 Å². The summed E-state index contributed by atoms with van der Waals surface area (Å²) < 4.78 is 5.54. The van der Waals surface area contributed by atoms with Crippen LogP contribution in [-0.4, -0.2) is 43.0 Å². The fourth-order valence-electron chi connectivity index (χ4n) is 4.92. The van der Waals surface area contributed by atoms with E-state index in [1.54, 1.807) is 7.11 Å². The monoisotopic (exact) mass is 382 g/mol. The highest BCUT2D eigenvalue weighted by molar-refractivity contribution is 6.11. The number of amides is 2. The molecule has 0 saturated carbocycles. The summed E-state index contributed by atoms with van der Waals surface area (Å²) in [6.07, 6.45) is 8.85. The molecule has 5 nitrogen and oxygen atoms in total. The number of hydrogen-bond acceptors (Lipinski definition) is 3. The zero-order valence-corrected chi connectivity index (χ0v) is 16.8. The Morgan fingerprint density at radius 2 is 1.75 bits per heavy atom. The minimum Gasteiger partial charge on any atom is -0.495 e. The van der Waals surface area contributed by atoms with E-state index in [2.05, 4.69) is 0 Å². The summed E-state index contributed by atoms with van der Waals surface area (Å²) in [6.45, 7) is 1.69. The van der Waals surface area contributed by atoms with Crippen LogP contribution < -0.4 is 9.64 Å². The maximum absolute atomic E-state index is 13.3. The molecule has 2 heterocycles. The van der Waals surface area contributed by atoms with Gasteiger partial charge in [-0.2, -0.15) is 0 Å². The summed E-state index contributed by atoms with van der Waals surface area (Å²) >= 11 is 0. The van der Waals surface area contributed by atoms with Crippen LogP contribution in [0.5, 0.6) is 5.75 Å². The molecule has 1 saturated heterocycles. The van der Waals surface area contributed by atoms with Gasteiger partial charge in [0.15, 0.2) is 0 Å². The third-order valence-electron chi connectivity index (χ3n) is 6.37. The first kappa shape index (κ1) is 19.0. The van der Waals surface area contributed by atoms with E-state index in [1.807, 2.05) is 34.1 Å². The van der Waals surface area contributed by atoms with Crippen molar-refractivity contribution in [2.45, 2.75) is 63.8 Å². The van der Waals surface area contributed by atoms with Gasteiger partial charge in [0.1, 0.15) is 5.75 Å². The summed E-state index contributed by atoms with van der Waals surface area (Å²) in [7, 11) is 1.63. The molecule has 4 rings (SSSR count). The van der Waals surface area contributed by atoms with Crippen LogP contribution in [0.1, 0.15) is 57.8 Å². The Morgan fingerprint density at radius 3 is 2.50 bits per heavy atom. The molecular formula is C23H30N2O3. The fourth-order valence-corrected chi connectivity index (χ4v) is 4.92. The van der Waals surface area contributed by atoms with Crippen molar-refractivity contribution in [1.29, 1.82) is 0 Å². The van der Waals surface area contributed by atoms with E-state index < -0.39 is 0 Å². The molecule has 1 aromatic carbocycles. The summed E-state index contributed by atoms with van der Waals surface area (Å²) in [4.78, 5) is 30.3. The number of benzene rings is 1. The summed E-state index contributed by atoms with van der Waals surface area (Å²) in [6, 6.07) is 7.48. The number of nitrogens with zero attached hydrogens (tertiary/aromatic N) is 2. The van der Waals surface area contributed by atoms with Gasteiger partial charge in [0, 0.05) is 18.7 Å². The van der Waals surface area contributed by atoms with Gasteiger partial charge < -0.3 is 9.64 Å². The molecule has 3 aliphatic rings. The lowest BCUT2D eigenvalue weighted by molar-refractivity contribution is -0.131. The van der Waals surface area contributed by atoms with E-state index in [9.17, 15) is 9.59 Å². The third kappa shape index (κ3) is 3.54. The molecule has 1 unspecified atom stereocenters. The summed E-state index contributed by atoms with van der Waals surface area (Å²) in [5.74, 6) is 0.926. The van der Waals surface area contributed by atoms with Crippen LogP contribution in [0.15, 0.2) is 35.4 Å². The number of anilines is 1. The van der Waals surface area contributed by atoms with Gasteiger partial charge in [0.05, 0.1) is 25.3 Å². The van der Waals surface area contributed by atoms with Gasteiger partial charge in [0.25, 0.3) is 5.91 Å². The van der Waals surface area contributed by atoms with Crippen LogP contribution in [0, 0.1) is 0 Å². The molecule has 1 atom stereocenters. The normalized spacial score (nSPS) is 22.9. The van der Waals surface area contributed by atoms with Crippen molar-refractivity contribution in [1.82, 2.24) is 4.90 Å². The van der Waals surface area contributed by atoms with Gasteiger partial charge in [-0.15, -0.1) is 0 Å². The second-order valence-corrected chi connectivity index (χ2v) is 8.07. The van der Waals surface area contributed by atoms with Crippen LogP contribution >= 0.6 is 0 Å². The Kier molecular flexibility index (Phi) is 5.69. The van der Waals surface area contributed by atoms with E-state index in [0.29, 0.717) is 12.2 Å². The second-order valence-electron chi connectivity index (χ2n) is 8.07. The van der Waals surface area contributed by atoms with Crippen LogP contribution in [0.3, 0.4) is 0 Å². The average molecular weight is 383 g/mol. The van der Waals surface area contributed by atoms with Crippen molar-refractivity contribution in [3.05, 3.63) is 35.4 Å². The van der Waals surface area contributed by atoms with Crippen molar-refractivity contribution in [3.8, 4) is 5.75 Å².